The van der Waals surface area contributed by atoms with Gasteiger partial charge in [0.05, 0.1) is 11.1 Å². The van der Waals surface area contributed by atoms with Crippen molar-refractivity contribution >= 4 is 29.6 Å². The third-order valence-corrected chi connectivity index (χ3v) is 6.18. The van der Waals surface area contributed by atoms with Gasteiger partial charge in [-0.1, -0.05) is 73.1 Å². The van der Waals surface area contributed by atoms with Gasteiger partial charge in [0.1, 0.15) is 18.1 Å². The summed E-state index contributed by atoms with van der Waals surface area (Å²) >= 11 is 5.97. The molecule has 11 heteroatoms. The second kappa shape index (κ2) is 12.6. The molecule has 0 bridgehead atoms. The summed E-state index contributed by atoms with van der Waals surface area (Å²) in [6.07, 6.45) is -0.454. The van der Waals surface area contributed by atoms with Crippen LogP contribution in [0.1, 0.15) is 25.8 Å². The van der Waals surface area contributed by atoms with Gasteiger partial charge in [0.25, 0.3) is 0 Å². The average molecular weight is 533 g/mol. The van der Waals surface area contributed by atoms with Gasteiger partial charge in [-0.25, -0.2) is 14.0 Å². The molecule has 0 aliphatic rings. The van der Waals surface area contributed by atoms with Crippen LogP contribution in [-0.2, 0) is 11.3 Å². The van der Waals surface area contributed by atoms with E-state index in [1.165, 1.54) is 17.0 Å². The Bertz CT molecular complexity index is 1200. The SMILES string of the molecule is CN(C(=O)NCc1cccc(F)c1Cl)[C@H](COC(=O)Nc1cc(-c2ccccc2)no1)CC(C)(C)CO. The summed E-state index contributed by atoms with van der Waals surface area (Å²) in [6, 6.07) is 14.2. The Morgan fingerprint density at radius 3 is 2.65 bits per heavy atom. The van der Waals surface area contributed by atoms with Crippen LogP contribution in [-0.4, -0.2) is 53.6 Å². The second-order valence-corrected chi connectivity index (χ2v) is 9.71. The first kappa shape index (κ1) is 27.9. The molecule has 9 nitrogen and oxygen atoms in total. The smallest absolute Gasteiger partial charge is 0.414 e. The monoisotopic (exact) mass is 532 g/mol. The largest absolute Gasteiger partial charge is 0.447 e. The van der Waals surface area contributed by atoms with Crippen molar-refractivity contribution < 1.29 is 28.3 Å². The van der Waals surface area contributed by atoms with Crippen LogP contribution in [0, 0.1) is 11.2 Å². The van der Waals surface area contributed by atoms with Gasteiger partial charge in [-0.05, 0) is 23.5 Å². The quantitative estimate of drug-likeness (QED) is 0.326. The maximum Gasteiger partial charge on any atom is 0.414 e. The Morgan fingerprint density at radius 2 is 1.95 bits per heavy atom. The molecule has 0 spiro atoms. The van der Waals surface area contributed by atoms with E-state index in [0.717, 1.165) is 5.56 Å². The maximum atomic E-state index is 13.7. The van der Waals surface area contributed by atoms with Crippen molar-refractivity contribution in [2.45, 2.75) is 32.9 Å². The first-order valence-electron chi connectivity index (χ1n) is 11.6. The summed E-state index contributed by atoms with van der Waals surface area (Å²) in [5.74, 6) is -0.472. The van der Waals surface area contributed by atoms with Crippen LogP contribution < -0.4 is 10.6 Å². The number of nitrogens with one attached hydrogen (secondary N) is 2. The number of anilines is 1. The highest BCUT2D eigenvalue weighted by atomic mass is 35.5. The molecule has 3 amide bonds. The number of benzene rings is 2. The van der Waals surface area contributed by atoms with E-state index in [1.807, 2.05) is 44.2 Å². The molecule has 1 atom stereocenters. The predicted molar refractivity (Wildman–Crippen MR) is 138 cm³/mol. The summed E-state index contributed by atoms with van der Waals surface area (Å²) in [4.78, 5) is 26.6. The van der Waals surface area contributed by atoms with E-state index in [4.69, 9.17) is 20.9 Å². The van der Waals surface area contributed by atoms with E-state index in [0.29, 0.717) is 17.7 Å². The Labute approximate surface area is 219 Å². The summed E-state index contributed by atoms with van der Waals surface area (Å²) < 4.78 is 24.2. The lowest BCUT2D eigenvalue weighted by Gasteiger charge is -2.33. The molecule has 0 saturated carbocycles. The summed E-state index contributed by atoms with van der Waals surface area (Å²) in [6.45, 7) is 3.38. The van der Waals surface area contributed by atoms with Crippen molar-refractivity contribution in [3.8, 4) is 11.3 Å². The van der Waals surface area contributed by atoms with Crippen molar-refractivity contribution in [2.24, 2.45) is 5.41 Å². The number of rotatable bonds is 10. The van der Waals surface area contributed by atoms with Crippen LogP contribution in [0.4, 0.5) is 19.9 Å². The predicted octanol–water partition coefficient (Wildman–Crippen LogP) is 5.30. The number of amides is 3. The number of hydrogen-bond donors (Lipinski definition) is 3. The minimum Gasteiger partial charge on any atom is -0.447 e. The number of aliphatic hydroxyl groups excluding tert-OH is 1. The lowest BCUT2D eigenvalue weighted by molar-refractivity contribution is 0.0735. The number of aliphatic hydroxyl groups is 1. The molecule has 1 heterocycles. The van der Waals surface area contributed by atoms with Crippen LogP contribution in [0.5, 0.6) is 0 Å². The number of carbonyl (C=O) groups excluding carboxylic acids is 2. The number of ether oxygens (including phenoxy) is 1. The fourth-order valence-corrected chi connectivity index (χ4v) is 3.74. The summed E-state index contributed by atoms with van der Waals surface area (Å²) in [7, 11) is 1.55. The van der Waals surface area contributed by atoms with Crippen molar-refractivity contribution in [3.63, 3.8) is 0 Å². The fraction of sp³-hybridized carbons (Fsp3) is 0.346. The zero-order valence-electron chi connectivity index (χ0n) is 20.8. The molecule has 0 aliphatic heterocycles. The molecule has 3 aromatic rings. The van der Waals surface area contributed by atoms with Crippen molar-refractivity contribution in [3.05, 3.63) is 71.0 Å². The van der Waals surface area contributed by atoms with Crippen LogP contribution in [0.2, 0.25) is 5.02 Å². The topological polar surface area (TPSA) is 117 Å². The van der Waals surface area contributed by atoms with Crippen LogP contribution >= 0.6 is 11.6 Å². The first-order chi connectivity index (χ1) is 17.6. The van der Waals surface area contributed by atoms with E-state index in [1.54, 1.807) is 19.2 Å². The van der Waals surface area contributed by atoms with Crippen molar-refractivity contribution in [1.82, 2.24) is 15.4 Å². The molecule has 0 radical (unpaired) electrons. The maximum absolute atomic E-state index is 13.7. The number of aromatic nitrogens is 1. The van der Waals surface area contributed by atoms with E-state index in [9.17, 15) is 19.1 Å². The van der Waals surface area contributed by atoms with Gasteiger partial charge in [-0.3, -0.25) is 5.32 Å². The number of halogens is 2. The van der Waals surface area contributed by atoms with Gasteiger partial charge in [0.2, 0.25) is 5.88 Å². The molecule has 2 aromatic carbocycles. The van der Waals surface area contributed by atoms with Crippen LogP contribution in [0.3, 0.4) is 0 Å². The molecular weight excluding hydrogens is 503 g/mol. The number of likely N-dealkylation sites (N-methyl/N-ethyl adjacent to an activating group) is 1. The van der Waals surface area contributed by atoms with Crippen molar-refractivity contribution in [2.75, 3.05) is 25.6 Å². The molecule has 3 rings (SSSR count). The normalized spacial score (nSPS) is 12.1. The number of hydrogen-bond acceptors (Lipinski definition) is 6. The van der Waals surface area contributed by atoms with Gasteiger partial charge < -0.3 is 24.6 Å². The third kappa shape index (κ3) is 7.93. The minimum absolute atomic E-state index is 0.00641. The Hall–Kier alpha value is -3.63. The number of urea groups is 1. The minimum atomic E-state index is -0.789. The molecule has 0 fully saturated rings. The Kier molecular flexibility index (Phi) is 9.48. The van der Waals surface area contributed by atoms with E-state index in [-0.39, 0.29) is 30.7 Å². The summed E-state index contributed by atoms with van der Waals surface area (Å²) in [5.41, 5.74) is 1.24. The lowest BCUT2D eigenvalue weighted by atomic mass is 9.86. The molecular formula is C26H30ClFN4O5. The van der Waals surface area contributed by atoms with E-state index < -0.39 is 29.4 Å². The molecule has 0 saturated heterocycles. The zero-order chi connectivity index (χ0) is 27.0. The first-order valence-corrected chi connectivity index (χ1v) is 12.0. The lowest BCUT2D eigenvalue weighted by Crippen LogP contribution is -2.48. The molecule has 1 aromatic heterocycles. The van der Waals surface area contributed by atoms with Gasteiger partial charge in [-0.2, -0.15) is 0 Å². The number of carbonyl (C=O) groups is 2. The van der Waals surface area contributed by atoms with Gasteiger partial charge in [-0.15, -0.1) is 0 Å². The highest BCUT2D eigenvalue weighted by Crippen LogP contribution is 2.25. The molecule has 3 N–H and O–H groups in total. The van der Waals surface area contributed by atoms with Gasteiger partial charge >= 0.3 is 12.1 Å². The fourth-order valence-electron chi connectivity index (χ4n) is 3.54. The van der Waals surface area contributed by atoms with Gasteiger partial charge in [0.15, 0.2) is 0 Å². The highest BCUT2D eigenvalue weighted by Gasteiger charge is 2.29. The van der Waals surface area contributed by atoms with E-state index in [2.05, 4.69) is 15.8 Å². The zero-order valence-corrected chi connectivity index (χ0v) is 21.6. The number of nitrogens with zero attached hydrogens (tertiary/aromatic N) is 2. The Morgan fingerprint density at radius 1 is 1.22 bits per heavy atom. The van der Waals surface area contributed by atoms with Crippen LogP contribution in [0.25, 0.3) is 11.3 Å². The third-order valence-electron chi connectivity index (χ3n) is 5.76. The second-order valence-electron chi connectivity index (χ2n) is 9.33. The van der Waals surface area contributed by atoms with Crippen molar-refractivity contribution in [1.29, 1.82) is 0 Å². The standard InChI is InChI=1S/C26H30ClFN4O5/c1-26(2,16-33)13-19(32(3)24(34)29-14-18-10-7-11-20(28)23(18)27)15-36-25(35)30-22-12-21(31-37-22)17-8-5-4-6-9-17/h4-12,19,33H,13-16H2,1-3H3,(H,29,34)(H,30,35)/t19-/m0/s1. The molecule has 0 aliphatic carbocycles. The summed E-state index contributed by atoms with van der Waals surface area (Å²) in [5, 5.41) is 18.8. The average Bonchev–Trinajstić information content (AvgIpc) is 3.35. The highest BCUT2D eigenvalue weighted by molar-refractivity contribution is 6.31. The van der Waals surface area contributed by atoms with Crippen LogP contribution in [0.15, 0.2) is 59.1 Å². The molecule has 198 valence electrons. The van der Waals surface area contributed by atoms with E-state index >= 15 is 0 Å². The molecule has 37 heavy (non-hydrogen) atoms. The van der Waals surface area contributed by atoms with Gasteiger partial charge in [0, 0.05) is 31.8 Å². The Balaban J connectivity index is 1.60. The molecule has 0 unspecified atom stereocenters.